The molecule has 0 spiro atoms. The zero-order chi connectivity index (χ0) is 14.5. The first kappa shape index (κ1) is 14.8. The zero-order valence-corrected chi connectivity index (χ0v) is 13.2. The molecule has 1 N–H and O–H groups in total. The Labute approximate surface area is 116 Å². The van der Waals surface area contributed by atoms with Gasteiger partial charge in [0.25, 0.3) is 0 Å². The minimum atomic E-state index is -0.269. The molecule has 19 heavy (non-hydrogen) atoms. The number of likely N-dealkylation sites (N-methyl/N-ethyl adjacent to an activating group) is 1. The Balaban J connectivity index is 2.02. The van der Waals surface area contributed by atoms with Crippen molar-refractivity contribution < 1.29 is 9.53 Å². The van der Waals surface area contributed by atoms with Crippen LogP contribution in [0.2, 0.25) is 0 Å². The summed E-state index contributed by atoms with van der Waals surface area (Å²) in [5, 5.41) is 3.26. The predicted octanol–water partition coefficient (Wildman–Crippen LogP) is 1.79. The van der Waals surface area contributed by atoms with Gasteiger partial charge in [-0.15, -0.1) is 0 Å². The zero-order valence-electron chi connectivity index (χ0n) is 13.2. The summed E-state index contributed by atoms with van der Waals surface area (Å²) in [5.41, 5.74) is -0.417. The van der Waals surface area contributed by atoms with Crippen LogP contribution in [-0.4, -0.2) is 49.2 Å². The van der Waals surface area contributed by atoms with Gasteiger partial charge in [-0.2, -0.15) is 0 Å². The molecular formula is C15H28N2O2. The first-order valence-corrected chi connectivity index (χ1v) is 7.23. The van der Waals surface area contributed by atoms with Gasteiger partial charge in [0.2, 0.25) is 5.91 Å². The standard InChI is InChI=1S/C15H28N2O2/c1-13(2)11(10-14(13,3)19-6)16-12(18)15(17(4)5)8-7-9-15/h11H,7-10H2,1-6H3,(H,16,18)/t11-,14+/m1/s1. The molecule has 1 amide bonds. The van der Waals surface area contributed by atoms with Crippen molar-refractivity contribution in [2.24, 2.45) is 5.41 Å². The van der Waals surface area contributed by atoms with Crippen molar-refractivity contribution in [3.05, 3.63) is 0 Å². The van der Waals surface area contributed by atoms with Gasteiger partial charge in [0.1, 0.15) is 0 Å². The number of carbonyl (C=O) groups is 1. The summed E-state index contributed by atoms with van der Waals surface area (Å²) in [4.78, 5) is 14.7. The fourth-order valence-corrected chi connectivity index (χ4v) is 3.40. The highest BCUT2D eigenvalue weighted by atomic mass is 16.5. The molecule has 2 fully saturated rings. The van der Waals surface area contributed by atoms with Crippen molar-refractivity contribution in [1.29, 1.82) is 0 Å². The maximum atomic E-state index is 12.6. The van der Waals surface area contributed by atoms with E-state index in [2.05, 4.69) is 31.0 Å². The van der Waals surface area contributed by atoms with Gasteiger partial charge in [0.15, 0.2) is 0 Å². The van der Waals surface area contributed by atoms with Gasteiger partial charge >= 0.3 is 0 Å². The maximum Gasteiger partial charge on any atom is 0.240 e. The molecule has 0 aliphatic heterocycles. The van der Waals surface area contributed by atoms with Crippen molar-refractivity contribution in [2.75, 3.05) is 21.2 Å². The fourth-order valence-electron chi connectivity index (χ4n) is 3.40. The van der Waals surface area contributed by atoms with Crippen LogP contribution in [0.4, 0.5) is 0 Å². The second kappa shape index (κ2) is 4.45. The maximum absolute atomic E-state index is 12.6. The van der Waals surface area contributed by atoms with Crippen LogP contribution in [0.3, 0.4) is 0 Å². The Morgan fingerprint density at radius 3 is 2.16 bits per heavy atom. The second-order valence-electron chi connectivity index (χ2n) is 7.17. The van der Waals surface area contributed by atoms with Crippen LogP contribution in [-0.2, 0) is 9.53 Å². The molecule has 0 aromatic carbocycles. The van der Waals surface area contributed by atoms with Crippen molar-refractivity contribution in [2.45, 2.75) is 63.6 Å². The molecule has 4 nitrogen and oxygen atoms in total. The van der Waals surface area contributed by atoms with E-state index in [-0.39, 0.29) is 28.5 Å². The molecule has 2 atom stereocenters. The van der Waals surface area contributed by atoms with E-state index in [0.717, 1.165) is 25.7 Å². The molecule has 110 valence electrons. The van der Waals surface area contributed by atoms with Crippen molar-refractivity contribution in [1.82, 2.24) is 10.2 Å². The van der Waals surface area contributed by atoms with E-state index in [0.29, 0.717) is 0 Å². The third kappa shape index (κ3) is 1.91. The second-order valence-corrected chi connectivity index (χ2v) is 7.17. The van der Waals surface area contributed by atoms with Crippen molar-refractivity contribution in [3.63, 3.8) is 0 Å². The molecule has 2 aliphatic carbocycles. The minimum absolute atomic E-state index is 0.0192. The predicted molar refractivity (Wildman–Crippen MR) is 76.0 cm³/mol. The van der Waals surface area contributed by atoms with Crippen LogP contribution < -0.4 is 5.32 Å². The van der Waals surface area contributed by atoms with Crippen molar-refractivity contribution in [3.8, 4) is 0 Å². The molecule has 2 saturated carbocycles. The Kier molecular flexibility index (Phi) is 3.47. The van der Waals surface area contributed by atoms with Crippen LogP contribution in [0.25, 0.3) is 0 Å². The summed E-state index contributed by atoms with van der Waals surface area (Å²) in [6.45, 7) is 6.48. The number of nitrogens with one attached hydrogen (secondary N) is 1. The average molecular weight is 268 g/mol. The topological polar surface area (TPSA) is 41.6 Å². The fraction of sp³-hybridized carbons (Fsp3) is 0.933. The van der Waals surface area contributed by atoms with E-state index in [1.165, 1.54) is 0 Å². The molecule has 0 bridgehead atoms. The Morgan fingerprint density at radius 2 is 1.84 bits per heavy atom. The third-order valence-corrected chi connectivity index (χ3v) is 6.04. The number of hydrogen-bond donors (Lipinski definition) is 1. The van der Waals surface area contributed by atoms with E-state index < -0.39 is 0 Å². The molecule has 2 aliphatic rings. The Bertz CT molecular complexity index is 374. The first-order valence-electron chi connectivity index (χ1n) is 7.23. The summed E-state index contributed by atoms with van der Waals surface area (Å²) in [6.07, 6.45) is 3.99. The summed E-state index contributed by atoms with van der Waals surface area (Å²) >= 11 is 0. The van der Waals surface area contributed by atoms with Gasteiger partial charge < -0.3 is 10.1 Å². The lowest BCUT2D eigenvalue weighted by Gasteiger charge is -2.60. The van der Waals surface area contributed by atoms with Crippen LogP contribution >= 0.6 is 0 Å². The largest absolute Gasteiger partial charge is 0.378 e. The number of amides is 1. The number of methoxy groups -OCH3 is 1. The SMILES string of the molecule is CO[C@@]1(C)C[C@@H](NC(=O)C2(N(C)C)CCC2)C1(C)C. The quantitative estimate of drug-likeness (QED) is 0.845. The Morgan fingerprint density at radius 1 is 1.26 bits per heavy atom. The van der Waals surface area contributed by atoms with Gasteiger partial charge in [-0.05, 0) is 46.7 Å². The average Bonchev–Trinajstić information content (AvgIpc) is 2.25. The van der Waals surface area contributed by atoms with Crippen LogP contribution in [0.1, 0.15) is 46.5 Å². The number of carbonyl (C=O) groups excluding carboxylic acids is 1. The smallest absolute Gasteiger partial charge is 0.240 e. The number of ether oxygens (including phenoxy) is 1. The van der Waals surface area contributed by atoms with Gasteiger partial charge in [-0.1, -0.05) is 13.8 Å². The van der Waals surface area contributed by atoms with E-state index >= 15 is 0 Å². The number of rotatable bonds is 4. The van der Waals surface area contributed by atoms with Gasteiger partial charge in [0, 0.05) is 18.6 Å². The van der Waals surface area contributed by atoms with Crippen LogP contribution in [0.15, 0.2) is 0 Å². The van der Waals surface area contributed by atoms with E-state index in [1.54, 1.807) is 7.11 Å². The third-order valence-electron chi connectivity index (χ3n) is 6.04. The summed E-state index contributed by atoms with van der Waals surface area (Å²) in [6, 6.07) is 0.211. The molecule has 0 unspecified atom stereocenters. The van der Waals surface area contributed by atoms with Crippen LogP contribution in [0.5, 0.6) is 0 Å². The van der Waals surface area contributed by atoms with E-state index in [1.807, 2.05) is 14.1 Å². The molecule has 0 heterocycles. The summed E-state index contributed by atoms with van der Waals surface area (Å²) in [7, 11) is 5.76. The number of nitrogens with zero attached hydrogens (tertiary/aromatic N) is 1. The highest BCUT2D eigenvalue weighted by Gasteiger charge is 2.59. The summed E-state index contributed by atoms with van der Waals surface area (Å²) in [5.74, 6) is 0.194. The molecular weight excluding hydrogens is 240 g/mol. The Hall–Kier alpha value is -0.610. The molecule has 0 aromatic rings. The van der Waals surface area contributed by atoms with E-state index in [4.69, 9.17) is 4.74 Å². The lowest BCUT2D eigenvalue weighted by atomic mass is 9.55. The highest BCUT2D eigenvalue weighted by Crippen LogP contribution is 2.52. The molecule has 4 heteroatoms. The van der Waals surface area contributed by atoms with Crippen LogP contribution in [0, 0.1) is 5.41 Å². The highest BCUT2D eigenvalue weighted by molar-refractivity contribution is 5.87. The summed E-state index contributed by atoms with van der Waals surface area (Å²) < 4.78 is 5.61. The van der Waals surface area contributed by atoms with Gasteiger partial charge in [-0.25, -0.2) is 0 Å². The van der Waals surface area contributed by atoms with E-state index in [9.17, 15) is 4.79 Å². The molecule has 2 rings (SSSR count). The number of hydrogen-bond acceptors (Lipinski definition) is 3. The molecule has 0 radical (unpaired) electrons. The lowest BCUT2D eigenvalue weighted by molar-refractivity contribution is -0.185. The van der Waals surface area contributed by atoms with Crippen molar-refractivity contribution >= 4 is 5.91 Å². The lowest BCUT2D eigenvalue weighted by Crippen LogP contribution is -2.72. The monoisotopic (exact) mass is 268 g/mol. The van der Waals surface area contributed by atoms with Gasteiger partial charge in [-0.3, -0.25) is 9.69 Å². The molecule has 0 saturated heterocycles. The van der Waals surface area contributed by atoms with Gasteiger partial charge in [0.05, 0.1) is 11.1 Å². The normalized spacial score (nSPS) is 35.4. The molecule has 0 aromatic heterocycles. The first-order chi connectivity index (χ1) is 8.69. The minimum Gasteiger partial charge on any atom is -0.378 e.